The summed E-state index contributed by atoms with van der Waals surface area (Å²) >= 11 is 0. The number of anilines is 1. The lowest BCUT2D eigenvalue weighted by atomic mass is 10.0. The first-order chi connectivity index (χ1) is 15.5. The van der Waals surface area contributed by atoms with Crippen LogP contribution in [0.1, 0.15) is 24.8 Å². The van der Waals surface area contributed by atoms with Crippen LogP contribution in [0.3, 0.4) is 0 Å². The van der Waals surface area contributed by atoms with E-state index in [2.05, 4.69) is 15.5 Å². The molecule has 0 bridgehead atoms. The van der Waals surface area contributed by atoms with Crippen molar-refractivity contribution >= 4 is 24.3 Å². The molecule has 2 heterocycles. The molecule has 1 amide bonds. The van der Waals surface area contributed by atoms with E-state index in [9.17, 15) is 13.6 Å². The van der Waals surface area contributed by atoms with Crippen LogP contribution in [0.15, 0.2) is 53.1 Å². The number of hydrogen-bond donors (Lipinski definition) is 2. The standard InChI is InChI=1S/C23H25F2N5O2.ClH/c24-17-7-3-6-16(13-17)21-28-23(32-29-21)27-14-18-8-4-12-30(18)22(31)20(26)11-10-15-5-1-2-9-19(15)25;/h1-3,5-7,9,13,18,20H,4,8,10-12,14,26H2,(H,27,28,29);1H/t18-,20+;/m0./s1. The fourth-order valence-electron chi connectivity index (χ4n) is 3.93. The van der Waals surface area contributed by atoms with Gasteiger partial charge in [-0.25, -0.2) is 8.78 Å². The average Bonchev–Trinajstić information content (AvgIpc) is 3.46. The van der Waals surface area contributed by atoms with Crippen LogP contribution in [0, 0.1) is 11.6 Å². The highest BCUT2D eigenvalue weighted by molar-refractivity contribution is 5.85. The minimum Gasteiger partial charge on any atom is -0.337 e. The van der Waals surface area contributed by atoms with Crippen LogP contribution in [-0.2, 0) is 11.2 Å². The van der Waals surface area contributed by atoms with E-state index in [1.54, 1.807) is 35.2 Å². The van der Waals surface area contributed by atoms with Crippen LogP contribution in [0.2, 0.25) is 0 Å². The first-order valence-corrected chi connectivity index (χ1v) is 10.6. The lowest BCUT2D eigenvalue weighted by Crippen LogP contribution is -2.48. The molecular formula is C23H26ClF2N5O2. The molecule has 1 aliphatic rings. The number of likely N-dealkylation sites (tertiary alicyclic amines) is 1. The van der Waals surface area contributed by atoms with E-state index < -0.39 is 6.04 Å². The van der Waals surface area contributed by atoms with E-state index >= 15 is 0 Å². The minimum absolute atomic E-state index is 0. The van der Waals surface area contributed by atoms with Crippen molar-refractivity contribution in [3.63, 3.8) is 0 Å². The number of rotatable bonds is 8. The number of halogens is 3. The molecule has 0 radical (unpaired) electrons. The highest BCUT2D eigenvalue weighted by atomic mass is 35.5. The summed E-state index contributed by atoms with van der Waals surface area (Å²) in [5.41, 5.74) is 7.21. The van der Waals surface area contributed by atoms with Gasteiger partial charge in [0.05, 0.1) is 6.04 Å². The molecule has 4 rings (SSSR count). The van der Waals surface area contributed by atoms with Crippen molar-refractivity contribution in [2.45, 2.75) is 37.8 Å². The first kappa shape index (κ1) is 24.6. The molecule has 1 saturated heterocycles. The number of aryl methyl sites for hydroxylation is 1. The summed E-state index contributed by atoms with van der Waals surface area (Å²) in [5.74, 6) is -0.529. The number of carbonyl (C=O) groups is 1. The lowest BCUT2D eigenvalue weighted by Gasteiger charge is -2.27. The van der Waals surface area contributed by atoms with Gasteiger partial charge < -0.3 is 20.5 Å². The number of benzene rings is 2. The SMILES string of the molecule is Cl.N[C@H](CCc1ccccc1F)C(=O)N1CCC[C@H]1CNc1nc(-c2cccc(F)c2)no1. The van der Waals surface area contributed by atoms with Gasteiger partial charge in [0, 0.05) is 24.7 Å². The highest BCUT2D eigenvalue weighted by Crippen LogP contribution is 2.22. The Balaban J connectivity index is 0.00000306. The minimum atomic E-state index is -0.696. The summed E-state index contributed by atoms with van der Waals surface area (Å²) in [6.07, 6.45) is 2.47. The Morgan fingerprint density at radius 2 is 2.06 bits per heavy atom. The van der Waals surface area contributed by atoms with Crippen LogP contribution in [-0.4, -0.2) is 46.1 Å². The van der Waals surface area contributed by atoms with E-state index in [1.165, 1.54) is 18.2 Å². The molecule has 0 aliphatic carbocycles. The van der Waals surface area contributed by atoms with Crippen molar-refractivity contribution in [3.8, 4) is 11.4 Å². The van der Waals surface area contributed by atoms with Crippen LogP contribution >= 0.6 is 12.4 Å². The fraction of sp³-hybridized carbons (Fsp3) is 0.348. The Bertz CT molecular complexity index is 1080. The largest absolute Gasteiger partial charge is 0.337 e. The summed E-state index contributed by atoms with van der Waals surface area (Å²) in [5, 5.41) is 6.93. The van der Waals surface area contributed by atoms with E-state index in [1.807, 2.05) is 0 Å². The second-order valence-corrected chi connectivity index (χ2v) is 7.88. The average molecular weight is 478 g/mol. The Morgan fingerprint density at radius 3 is 2.85 bits per heavy atom. The zero-order valence-electron chi connectivity index (χ0n) is 17.9. The van der Waals surface area contributed by atoms with Gasteiger partial charge in [0.25, 0.3) is 0 Å². The summed E-state index contributed by atoms with van der Waals surface area (Å²) in [6.45, 7) is 1.05. The maximum atomic E-state index is 13.8. The van der Waals surface area contributed by atoms with Gasteiger partial charge >= 0.3 is 6.01 Å². The van der Waals surface area contributed by atoms with E-state index in [0.29, 0.717) is 37.1 Å². The van der Waals surface area contributed by atoms with Gasteiger partial charge in [-0.15, -0.1) is 12.4 Å². The Labute approximate surface area is 196 Å². The quantitative estimate of drug-likeness (QED) is 0.512. The second-order valence-electron chi connectivity index (χ2n) is 7.88. The molecule has 176 valence electrons. The predicted molar refractivity (Wildman–Crippen MR) is 123 cm³/mol. The molecule has 1 aromatic heterocycles. The molecule has 1 aliphatic heterocycles. The lowest BCUT2D eigenvalue weighted by molar-refractivity contribution is -0.133. The molecular weight excluding hydrogens is 452 g/mol. The van der Waals surface area contributed by atoms with Crippen molar-refractivity contribution in [1.82, 2.24) is 15.0 Å². The van der Waals surface area contributed by atoms with Gasteiger partial charge in [-0.2, -0.15) is 4.98 Å². The van der Waals surface area contributed by atoms with Crippen LogP contribution in [0.4, 0.5) is 14.8 Å². The van der Waals surface area contributed by atoms with Gasteiger partial charge in [0.1, 0.15) is 11.6 Å². The monoisotopic (exact) mass is 477 g/mol. The normalized spacial score (nSPS) is 16.3. The van der Waals surface area contributed by atoms with Crippen molar-refractivity contribution in [2.24, 2.45) is 5.73 Å². The van der Waals surface area contributed by atoms with Crippen molar-refractivity contribution in [2.75, 3.05) is 18.4 Å². The molecule has 3 N–H and O–H groups in total. The van der Waals surface area contributed by atoms with Gasteiger partial charge in [0.2, 0.25) is 11.7 Å². The maximum absolute atomic E-state index is 13.8. The van der Waals surface area contributed by atoms with Crippen LogP contribution < -0.4 is 11.1 Å². The van der Waals surface area contributed by atoms with Gasteiger partial charge in [-0.3, -0.25) is 4.79 Å². The van der Waals surface area contributed by atoms with Gasteiger partial charge in [0.15, 0.2) is 0 Å². The molecule has 0 saturated carbocycles. The first-order valence-electron chi connectivity index (χ1n) is 10.6. The molecule has 2 aromatic carbocycles. The topological polar surface area (TPSA) is 97.3 Å². The maximum Gasteiger partial charge on any atom is 0.321 e. The van der Waals surface area contributed by atoms with Crippen LogP contribution in [0.5, 0.6) is 0 Å². The van der Waals surface area contributed by atoms with Crippen LogP contribution in [0.25, 0.3) is 11.4 Å². The molecule has 3 aromatic rings. The smallest absolute Gasteiger partial charge is 0.321 e. The van der Waals surface area contributed by atoms with Gasteiger partial charge in [-0.1, -0.05) is 35.5 Å². The third kappa shape index (κ3) is 6.06. The van der Waals surface area contributed by atoms with Crippen molar-refractivity contribution in [3.05, 3.63) is 65.7 Å². The third-order valence-electron chi connectivity index (χ3n) is 5.66. The summed E-state index contributed by atoms with van der Waals surface area (Å²) < 4.78 is 32.4. The number of nitrogens with one attached hydrogen (secondary N) is 1. The number of hydrogen-bond acceptors (Lipinski definition) is 6. The van der Waals surface area contributed by atoms with Crippen molar-refractivity contribution < 1.29 is 18.1 Å². The Morgan fingerprint density at radius 1 is 1.24 bits per heavy atom. The van der Waals surface area contributed by atoms with E-state index in [0.717, 1.165) is 12.8 Å². The molecule has 33 heavy (non-hydrogen) atoms. The predicted octanol–water partition coefficient (Wildman–Crippen LogP) is 3.80. The summed E-state index contributed by atoms with van der Waals surface area (Å²) in [6, 6.07) is 11.9. The van der Waals surface area contributed by atoms with Gasteiger partial charge in [-0.05, 0) is 49.4 Å². The molecule has 1 fully saturated rings. The molecule has 2 atom stereocenters. The summed E-state index contributed by atoms with van der Waals surface area (Å²) in [7, 11) is 0. The molecule has 0 spiro atoms. The van der Waals surface area contributed by atoms with E-state index in [-0.39, 0.29) is 47.8 Å². The van der Waals surface area contributed by atoms with Crippen molar-refractivity contribution in [1.29, 1.82) is 0 Å². The Kier molecular flexibility index (Phi) is 8.35. The zero-order chi connectivity index (χ0) is 22.5. The molecule has 0 unspecified atom stereocenters. The Hall–Kier alpha value is -3.04. The number of aromatic nitrogens is 2. The highest BCUT2D eigenvalue weighted by Gasteiger charge is 2.31. The third-order valence-corrected chi connectivity index (χ3v) is 5.66. The zero-order valence-corrected chi connectivity index (χ0v) is 18.7. The summed E-state index contributed by atoms with van der Waals surface area (Å²) in [4.78, 5) is 18.9. The number of amides is 1. The fourth-order valence-corrected chi connectivity index (χ4v) is 3.93. The number of nitrogens with two attached hydrogens (primary N) is 1. The second kappa shape index (κ2) is 11.2. The van der Waals surface area contributed by atoms with E-state index in [4.69, 9.17) is 10.3 Å². The molecule has 10 heteroatoms. The number of nitrogens with zero attached hydrogens (tertiary/aromatic N) is 3. The molecule has 7 nitrogen and oxygen atoms in total. The number of carbonyl (C=O) groups excluding carboxylic acids is 1.